The molecule has 0 radical (unpaired) electrons. The van der Waals surface area contributed by atoms with Gasteiger partial charge in [-0.25, -0.2) is 4.79 Å². The van der Waals surface area contributed by atoms with Crippen LogP contribution in [0.4, 0.5) is 0 Å². The molecular formula is C16H22N4O3. The topological polar surface area (TPSA) is 79.1 Å². The number of hydrogen-bond acceptors (Lipinski definition) is 6. The van der Waals surface area contributed by atoms with Gasteiger partial charge >= 0.3 is 5.97 Å². The third-order valence-electron chi connectivity index (χ3n) is 3.28. The van der Waals surface area contributed by atoms with Crippen LogP contribution < -0.4 is 4.74 Å². The molecule has 0 bridgehead atoms. The highest BCUT2D eigenvalue weighted by molar-refractivity contribution is 5.73. The van der Waals surface area contributed by atoms with E-state index in [-0.39, 0.29) is 5.97 Å². The molecule has 23 heavy (non-hydrogen) atoms. The van der Waals surface area contributed by atoms with E-state index in [9.17, 15) is 4.79 Å². The van der Waals surface area contributed by atoms with Crippen LogP contribution in [0.3, 0.4) is 0 Å². The van der Waals surface area contributed by atoms with Crippen molar-refractivity contribution in [3.8, 4) is 17.1 Å². The van der Waals surface area contributed by atoms with E-state index in [1.54, 1.807) is 13.8 Å². The Morgan fingerprint density at radius 2 is 2.00 bits per heavy atom. The molecule has 0 N–H and O–H groups in total. The van der Waals surface area contributed by atoms with E-state index in [1.807, 2.05) is 24.3 Å². The van der Waals surface area contributed by atoms with E-state index in [4.69, 9.17) is 9.47 Å². The number of benzene rings is 1. The molecular weight excluding hydrogens is 296 g/mol. The summed E-state index contributed by atoms with van der Waals surface area (Å²) < 4.78 is 10.6. The van der Waals surface area contributed by atoms with Gasteiger partial charge in [0.05, 0.1) is 13.2 Å². The molecule has 0 saturated carbocycles. The summed E-state index contributed by atoms with van der Waals surface area (Å²) in [6.45, 7) is 6.59. The van der Waals surface area contributed by atoms with Crippen LogP contribution in [0.25, 0.3) is 11.4 Å². The number of carbonyl (C=O) groups excluding carboxylic acids is 1. The molecule has 0 aliphatic rings. The lowest BCUT2D eigenvalue weighted by atomic mass is 10.2. The van der Waals surface area contributed by atoms with Gasteiger partial charge in [0, 0.05) is 5.56 Å². The lowest BCUT2D eigenvalue weighted by molar-refractivity contribution is -0.147. The Morgan fingerprint density at radius 1 is 1.26 bits per heavy atom. The summed E-state index contributed by atoms with van der Waals surface area (Å²) in [6.07, 6.45) is 2.13. The molecule has 0 fully saturated rings. The first-order valence-corrected chi connectivity index (χ1v) is 7.85. The first kappa shape index (κ1) is 16.9. The SMILES string of the molecule is CCCCOc1ccc(-c2nnn([C@@H](C)C(=O)OCC)n2)cc1. The largest absolute Gasteiger partial charge is 0.494 e. The van der Waals surface area contributed by atoms with Crippen molar-refractivity contribution in [3.63, 3.8) is 0 Å². The molecule has 7 nitrogen and oxygen atoms in total. The van der Waals surface area contributed by atoms with Crippen molar-refractivity contribution in [1.29, 1.82) is 0 Å². The summed E-state index contributed by atoms with van der Waals surface area (Å²) in [5.41, 5.74) is 0.815. The second-order valence-electron chi connectivity index (χ2n) is 5.09. The summed E-state index contributed by atoms with van der Waals surface area (Å²) in [5, 5.41) is 12.2. The molecule has 124 valence electrons. The number of carbonyl (C=O) groups is 1. The zero-order valence-corrected chi connectivity index (χ0v) is 13.7. The number of rotatable bonds is 8. The van der Waals surface area contributed by atoms with E-state index < -0.39 is 6.04 Å². The molecule has 0 spiro atoms. The quantitative estimate of drug-likeness (QED) is 0.550. The van der Waals surface area contributed by atoms with Crippen LogP contribution in [0.2, 0.25) is 0 Å². The van der Waals surface area contributed by atoms with Crippen LogP contribution in [0.1, 0.15) is 39.7 Å². The summed E-state index contributed by atoms with van der Waals surface area (Å²) in [5.74, 6) is 0.895. The van der Waals surface area contributed by atoms with Gasteiger partial charge in [0.15, 0.2) is 6.04 Å². The highest BCUT2D eigenvalue weighted by Crippen LogP contribution is 2.19. The maximum absolute atomic E-state index is 11.7. The van der Waals surface area contributed by atoms with Gasteiger partial charge in [0.25, 0.3) is 0 Å². The Morgan fingerprint density at radius 3 is 2.65 bits per heavy atom. The van der Waals surface area contributed by atoms with E-state index >= 15 is 0 Å². The second kappa shape index (κ2) is 8.26. The highest BCUT2D eigenvalue weighted by Gasteiger charge is 2.19. The highest BCUT2D eigenvalue weighted by atomic mass is 16.5. The molecule has 2 rings (SSSR count). The molecule has 7 heteroatoms. The summed E-state index contributed by atoms with van der Waals surface area (Å²) in [7, 11) is 0. The maximum Gasteiger partial charge on any atom is 0.332 e. The van der Waals surface area contributed by atoms with E-state index in [0.29, 0.717) is 19.0 Å². The number of ether oxygens (including phenoxy) is 2. The Kier molecular flexibility index (Phi) is 6.08. The molecule has 1 aromatic carbocycles. The van der Waals surface area contributed by atoms with Gasteiger partial charge < -0.3 is 9.47 Å². The van der Waals surface area contributed by atoms with Gasteiger partial charge in [-0.1, -0.05) is 13.3 Å². The third-order valence-corrected chi connectivity index (χ3v) is 3.28. The van der Waals surface area contributed by atoms with E-state index in [1.165, 1.54) is 4.80 Å². The monoisotopic (exact) mass is 318 g/mol. The van der Waals surface area contributed by atoms with Gasteiger partial charge in [0.2, 0.25) is 5.82 Å². The Bertz CT molecular complexity index is 625. The van der Waals surface area contributed by atoms with Gasteiger partial charge in [-0.3, -0.25) is 0 Å². The van der Waals surface area contributed by atoms with Gasteiger partial charge in [-0.05, 0) is 49.7 Å². The lowest BCUT2D eigenvalue weighted by Gasteiger charge is -2.08. The standard InChI is InChI=1S/C16H22N4O3/c1-4-6-11-23-14-9-7-13(8-10-14)15-17-19-20(18-15)12(3)16(21)22-5-2/h7-10,12H,4-6,11H2,1-3H3/t12-/m0/s1. The van der Waals surface area contributed by atoms with Crippen molar-refractivity contribution in [2.75, 3.05) is 13.2 Å². The Balaban J connectivity index is 2.03. The number of tetrazole rings is 1. The molecule has 0 unspecified atom stereocenters. The van der Waals surface area contributed by atoms with Crippen molar-refractivity contribution in [1.82, 2.24) is 20.2 Å². The zero-order valence-electron chi connectivity index (χ0n) is 13.7. The van der Waals surface area contributed by atoms with Gasteiger partial charge in [0.1, 0.15) is 5.75 Å². The zero-order chi connectivity index (χ0) is 16.7. The van der Waals surface area contributed by atoms with Crippen molar-refractivity contribution in [2.24, 2.45) is 0 Å². The van der Waals surface area contributed by atoms with Crippen LogP contribution >= 0.6 is 0 Å². The molecule has 2 aromatic rings. The van der Waals surface area contributed by atoms with Gasteiger partial charge in [-0.15, -0.1) is 15.0 Å². The van der Waals surface area contributed by atoms with Crippen LogP contribution in [0.15, 0.2) is 24.3 Å². The fourth-order valence-corrected chi connectivity index (χ4v) is 1.90. The van der Waals surface area contributed by atoms with Crippen molar-refractivity contribution in [3.05, 3.63) is 24.3 Å². The first-order chi connectivity index (χ1) is 11.2. The van der Waals surface area contributed by atoms with Crippen molar-refractivity contribution < 1.29 is 14.3 Å². The number of esters is 1. The summed E-state index contributed by atoms with van der Waals surface area (Å²) in [6, 6.07) is 6.89. The second-order valence-corrected chi connectivity index (χ2v) is 5.09. The smallest absolute Gasteiger partial charge is 0.332 e. The average molecular weight is 318 g/mol. The fraction of sp³-hybridized carbons (Fsp3) is 0.500. The predicted molar refractivity (Wildman–Crippen MR) is 85.0 cm³/mol. The molecule has 0 aliphatic carbocycles. The minimum absolute atomic E-state index is 0.324. The summed E-state index contributed by atoms with van der Waals surface area (Å²) >= 11 is 0. The Labute approximate surface area is 135 Å². The predicted octanol–water partition coefficient (Wildman–Crippen LogP) is 2.64. The molecule has 0 aliphatic heterocycles. The molecule has 1 aromatic heterocycles. The molecule has 1 atom stereocenters. The fourth-order valence-electron chi connectivity index (χ4n) is 1.90. The van der Waals surface area contributed by atoms with Crippen molar-refractivity contribution >= 4 is 5.97 Å². The van der Waals surface area contributed by atoms with E-state index in [2.05, 4.69) is 22.3 Å². The number of nitrogens with zero attached hydrogens (tertiary/aromatic N) is 4. The number of aromatic nitrogens is 4. The normalized spacial score (nSPS) is 12.0. The number of unbranched alkanes of at least 4 members (excludes halogenated alkanes) is 1. The number of hydrogen-bond donors (Lipinski definition) is 0. The van der Waals surface area contributed by atoms with Crippen LogP contribution in [-0.2, 0) is 9.53 Å². The molecule has 0 amide bonds. The minimum atomic E-state index is -0.604. The van der Waals surface area contributed by atoms with Crippen LogP contribution in [0.5, 0.6) is 5.75 Å². The summed E-state index contributed by atoms with van der Waals surface area (Å²) in [4.78, 5) is 13.0. The average Bonchev–Trinajstić information content (AvgIpc) is 3.05. The third kappa shape index (κ3) is 4.51. The van der Waals surface area contributed by atoms with Crippen LogP contribution in [-0.4, -0.2) is 39.4 Å². The lowest BCUT2D eigenvalue weighted by Crippen LogP contribution is -2.21. The molecule has 1 heterocycles. The first-order valence-electron chi connectivity index (χ1n) is 7.85. The molecule has 0 saturated heterocycles. The van der Waals surface area contributed by atoms with E-state index in [0.717, 1.165) is 24.2 Å². The minimum Gasteiger partial charge on any atom is -0.494 e. The maximum atomic E-state index is 11.7. The van der Waals surface area contributed by atoms with Crippen molar-refractivity contribution in [2.45, 2.75) is 39.7 Å². The van der Waals surface area contributed by atoms with Gasteiger partial charge in [-0.2, -0.15) is 0 Å². The van der Waals surface area contributed by atoms with Crippen LogP contribution in [0, 0.1) is 0 Å². The Hall–Kier alpha value is -2.44.